The summed E-state index contributed by atoms with van der Waals surface area (Å²) in [7, 11) is 2.26. The summed E-state index contributed by atoms with van der Waals surface area (Å²) in [4.78, 5) is 16.4. The van der Waals surface area contributed by atoms with Crippen LogP contribution in [0.4, 0.5) is 4.79 Å². The van der Waals surface area contributed by atoms with Crippen molar-refractivity contribution in [2.75, 3.05) is 26.7 Å². The zero-order valence-electron chi connectivity index (χ0n) is 14.9. The van der Waals surface area contributed by atoms with Gasteiger partial charge in [0.15, 0.2) is 0 Å². The summed E-state index contributed by atoms with van der Waals surface area (Å²) in [6.45, 7) is 9.98. The van der Waals surface area contributed by atoms with Crippen LogP contribution in [0.1, 0.15) is 53.4 Å². The van der Waals surface area contributed by atoms with E-state index in [9.17, 15) is 4.79 Å². The summed E-state index contributed by atoms with van der Waals surface area (Å²) in [5.74, 6) is 0. The molecular formula is C17H33N3O2. The van der Waals surface area contributed by atoms with E-state index in [1.165, 1.54) is 25.7 Å². The first-order chi connectivity index (χ1) is 10.3. The lowest BCUT2D eigenvalue weighted by Gasteiger charge is -2.37. The minimum Gasteiger partial charge on any atom is -0.444 e. The van der Waals surface area contributed by atoms with Crippen molar-refractivity contribution in [2.45, 2.75) is 77.1 Å². The maximum absolute atomic E-state index is 12.1. The van der Waals surface area contributed by atoms with Crippen LogP contribution in [0.25, 0.3) is 0 Å². The molecule has 0 saturated carbocycles. The molecule has 2 fully saturated rings. The van der Waals surface area contributed by atoms with Crippen molar-refractivity contribution in [1.29, 1.82) is 0 Å². The van der Waals surface area contributed by atoms with Gasteiger partial charge in [0.25, 0.3) is 0 Å². The Labute approximate surface area is 135 Å². The summed E-state index contributed by atoms with van der Waals surface area (Å²) < 4.78 is 5.44. The lowest BCUT2D eigenvalue weighted by Crippen LogP contribution is -2.49. The topological polar surface area (TPSA) is 44.8 Å². The predicted octanol–water partition coefficient (Wildman–Crippen LogP) is 2.46. The number of nitrogens with one attached hydrogen (secondary N) is 1. The SMILES string of the molecule is CCN(CCNC1CC2CCC(C1)N2C)C(=O)OC(C)(C)C. The third kappa shape index (κ3) is 4.59. The van der Waals surface area contributed by atoms with Crippen molar-refractivity contribution in [3.05, 3.63) is 0 Å². The lowest BCUT2D eigenvalue weighted by molar-refractivity contribution is 0.0258. The fourth-order valence-electron chi connectivity index (χ4n) is 3.69. The van der Waals surface area contributed by atoms with Crippen LogP contribution in [-0.4, -0.2) is 66.3 Å². The molecule has 5 nitrogen and oxygen atoms in total. The highest BCUT2D eigenvalue weighted by Gasteiger charge is 2.38. The van der Waals surface area contributed by atoms with Crippen LogP contribution in [0.5, 0.6) is 0 Å². The van der Waals surface area contributed by atoms with Crippen LogP contribution < -0.4 is 5.32 Å². The van der Waals surface area contributed by atoms with E-state index < -0.39 is 5.60 Å². The van der Waals surface area contributed by atoms with Gasteiger partial charge in [0.2, 0.25) is 0 Å². The highest BCUT2D eigenvalue weighted by molar-refractivity contribution is 5.68. The number of rotatable bonds is 5. The third-order valence-electron chi connectivity index (χ3n) is 4.95. The number of hydrogen-bond acceptors (Lipinski definition) is 4. The number of fused-ring (bicyclic) bond motifs is 2. The van der Waals surface area contributed by atoms with Crippen LogP contribution in [0.2, 0.25) is 0 Å². The second-order valence-electron chi connectivity index (χ2n) is 7.73. The third-order valence-corrected chi connectivity index (χ3v) is 4.95. The molecule has 0 aromatic carbocycles. The molecule has 2 aliphatic heterocycles. The van der Waals surface area contributed by atoms with Gasteiger partial charge in [-0.15, -0.1) is 0 Å². The number of piperidine rings is 1. The molecule has 1 N–H and O–H groups in total. The van der Waals surface area contributed by atoms with Gasteiger partial charge in [0, 0.05) is 37.8 Å². The number of carbonyl (C=O) groups excluding carboxylic acids is 1. The van der Waals surface area contributed by atoms with Crippen LogP contribution in [0, 0.1) is 0 Å². The van der Waals surface area contributed by atoms with E-state index in [2.05, 4.69) is 17.3 Å². The number of ether oxygens (including phenoxy) is 1. The normalized spacial score (nSPS) is 28.7. The molecule has 1 amide bonds. The molecule has 2 unspecified atom stereocenters. The van der Waals surface area contributed by atoms with Gasteiger partial charge >= 0.3 is 6.09 Å². The quantitative estimate of drug-likeness (QED) is 0.847. The molecule has 0 aromatic rings. The van der Waals surface area contributed by atoms with Crippen molar-refractivity contribution < 1.29 is 9.53 Å². The summed E-state index contributed by atoms with van der Waals surface area (Å²) in [5, 5.41) is 3.65. The highest BCUT2D eigenvalue weighted by atomic mass is 16.6. The monoisotopic (exact) mass is 311 g/mol. The van der Waals surface area contributed by atoms with Crippen LogP contribution in [0.3, 0.4) is 0 Å². The number of hydrogen-bond donors (Lipinski definition) is 1. The van der Waals surface area contributed by atoms with Gasteiger partial charge in [-0.05, 0) is 60.4 Å². The fourth-order valence-corrected chi connectivity index (χ4v) is 3.69. The molecule has 22 heavy (non-hydrogen) atoms. The Hall–Kier alpha value is -0.810. The van der Waals surface area contributed by atoms with Crippen molar-refractivity contribution in [2.24, 2.45) is 0 Å². The molecule has 128 valence electrons. The van der Waals surface area contributed by atoms with Gasteiger partial charge in [0.1, 0.15) is 5.60 Å². The van der Waals surface area contributed by atoms with Crippen molar-refractivity contribution in [3.63, 3.8) is 0 Å². The molecule has 2 bridgehead atoms. The number of carbonyl (C=O) groups is 1. The molecule has 0 radical (unpaired) electrons. The fraction of sp³-hybridized carbons (Fsp3) is 0.941. The largest absolute Gasteiger partial charge is 0.444 e. The van der Waals surface area contributed by atoms with E-state index in [1.54, 1.807) is 4.90 Å². The van der Waals surface area contributed by atoms with Gasteiger partial charge in [-0.1, -0.05) is 0 Å². The van der Waals surface area contributed by atoms with E-state index in [4.69, 9.17) is 4.74 Å². The zero-order valence-corrected chi connectivity index (χ0v) is 14.9. The first kappa shape index (κ1) is 17.5. The van der Waals surface area contributed by atoms with Crippen molar-refractivity contribution in [3.8, 4) is 0 Å². The molecular weight excluding hydrogens is 278 g/mol. The minimum atomic E-state index is -0.426. The van der Waals surface area contributed by atoms with E-state index >= 15 is 0 Å². The lowest BCUT2D eigenvalue weighted by atomic mass is 9.98. The summed E-state index contributed by atoms with van der Waals surface area (Å²) in [6, 6.07) is 2.11. The number of likely N-dealkylation sites (N-methyl/N-ethyl adjacent to an activating group) is 1. The van der Waals surface area contributed by atoms with E-state index in [0.717, 1.165) is 18.6 Å². The standard InChI is InChI=1S/C17H33N3O2/c1-6-20(16(21)22-17(2,3)4)10-9-18-13-11-14-7-8-15(12-13)19(14)5/h13-15,18H,6-12H2,1-5H3. The summed E-state index contributed by atoms with van der Waals surface area (Å²) in [5.41, 5.74) is -0.426. The van der Waals surface area contributed by atoms with Gasteiger partial charge < -0.3 is 19.9 Å². The van der Waals surface area contributed by atoms with Crippen molar-refractivity contribution in [1.82, 2.24) is 15.1 Å². The Morgan fingerprint density at radius 2 is 1.86 bits per heavy atom. The van der Waals surface area contributed by atoms with E-state index in [1.807, 2.05) is 27.7 Å². The molecule has 0 aromatic heterocycles. The first-order valence-corrected chi connectivity index (χ1v) is 8.73. The van der Waals surface area contributed by atoms with Crippen molar-refractivity contribution >= 4 is 6.09 Å². The zero-order chi connectivity index (χ0) is 16.3. The molecule has 0 spiro atoms. The molecule has 2 saturated heterocycles. The Balaban J connectivity index is 1.72. The Morgan fingerprint density at radius 1 is 1.27 bits per heavy atom. The predicted molar refractivity (Wildman–Crippen MR) is 89.1 cm³/mol. The van der Waals surface area contributed by atoms with Crippen LogP contribution >= 0.6 is 0 Å². The maximum atomic E-state index is 12.1. The minimum absolute atomic E-state index is 0.208. The second kappa shape index (κ2) is 7.18. The molecule has 2 aliphatic rings. The number of amides is 1. The van der Waals surface area contributed by atoms with E-state index in [0.29, 0.717) is 19.1 Å². The smallest absolute Gasteiger partial charge is 0.410 e. The van der Waals surface area contributed by atoms with Gasteiger partial charge in [-0.25, -0.2) is 4.79 Å². The Morgan fingerprint density at radius 3 is 2.36 bits per heavy atom. The second-order valence-corrected chi connectivity index (χ2v) is 7.73. The molecule has 2 rings (SSSR count). The Bertz CT molecular complexity index is 367. The van der Waals surface area contributed by atoms with Gasteiger partial charge in [0.05, 0.1) is 0 Å². The van der Waals surface area contributed by atoms with E-state index in [-0.39, 0.29) is 6.09 Å². The first-order valence-electron chi connectivity index (χ1n) is 8.73. The van der Waals surface area contributed by atoms with Crippen LogP contribution in [0.15, 0.2) is 0 Å². The van der Waals surface area contributed by atoms with Gasteiger partial charge in [-0.3, -0.25) is 0 Å². The molecule has 0 aliphatic carbocycles. The average molecular weight is 311 g/mol. The summed E-state index contributed by atoms with van der Waals surface area (Å²) in [6.07, 6.45) is 4.97. The Kier molecular flexibility index (Phi) is 5.72. The number of nitrogens with zero attached hydrogens (tertiary/aromatic N) is 2. The highest BCUT2D eigenvalue weighted by Crippen LogP contribution is 2.34. The van der Waals surface area contributed by atoms with Gasteiger partial charge in [-0.2, -0.15) is 0 Å². The molecule has 2 heterocycles. The maximum Gasteiger partial charge on any atom is 0.410 e. The average Bonchev–Trinajstić information content (AvgIpc) is 2.63. The molecule has 5 heteroatoms. The molecule has 2 atom stereocenters. The van der Waals surface area contributed by atoms with Crippen LogP contribution in [-0.2, 0) is 4.74 Å². The summed E-state index contributed by atoms with van der Waals surface area (Å²) >= 11 is 0.